The van der Waals surface area contributed by atoms with Crippen LogP contribution in [-0.2, 0) is 6.54 Å². The molecule has 90 valence electrons. The topological polar surface area (TPSA) is 58.3 Å². The standard InChI is InChI=1S/C12H20N2O2/c1-8-11(9(2)16-14-8)7-13-6-10-4-3-5-12(10)15/h10,12-13,15H,3-7H2,1-2H3. The Morgan fingerprint density at radius 2 is 2.25 bits per heavy atom. The number of hydrogen-bond donors (Lipinski definition) is 2. The highest BCUT2D eigenvalue weighted by atomic mass is 16.5. The molecule has 1 aliphatic rings. The van der Waals surface area contributed by atoms with Gasteiger partial charge in [0.2, 0.25) is 0 Å². The van der Waals surface area contributed by atoms with Gasteiger partial charge in [-0.2, -0.15) is 0 Å². The molecular weight excluding hydrogens is 204 g/mol. The third kappa shape index (κ3) is 2.44. The lowest BCUT2D eigenvalue weighted by Crippen LogP contribution is -2.27. The Hall–Kier alpha value is -0.870. The second-order valence-electron chi connectivity index (χ2n) is 4.69. The first-order valence-electron chi connectivity index (χ1n) is 5.99. The van der Waals surface area contributed by atoms with Crippen LogP contribution < -0.4 is 5.32 Å². The lowest BCUT2D eigenvalue weighted by atomic mass is 10.1. The Morgan fingerprint density at radius 1 is 1.44 bits per heavy atom. The number of hydrogen-bond acceptors (Lipinski definition) is 4. The predicted octanol–water partition coefficient (Wildman–Crippen LogP) is 1.54. The molecule has 0 aromatic carbocycles. The summed E-state index contributed by atoms with van der Waals surface area (Å²) < 4.78 is 5.10. The van der Waals surface area contributed by atoms with Gasteiger partial charge < -0.3 is 14.9 Å². The number of aryl methyl sites for hydroxylation is 2. The third-order valence-electron chi connectivity index (χ3n) is 3.51. The summed E-state index contributed by atoms with van der Waals surface area (Å²) in [7, 11) is 0. The van der Waals surface area contributed by atoms with Crippen LogP contribution in [0.5, 0.6) is 0 Å². The molecule has 0 spiro atoms. The lowest BCUT2D eigenvalue weighted by molar-refractivity contribution is 0.131. The van der Waals surface area contributed by atoms with Gasteiger partial charge in [-0.15, -0.1) is 0 Å². The second-order valence-corrected chi connectivity index (χ2v) is 4.69. The monoisotopic (exact) mass is 224 g/mol. The minimum Gasteiger partial charge on any atom is -0.393 e. The molecule has 1 saturated carbocycles. The average molecular weight is 224 g/mol. The Balaban J connectivity index is 1.80. The molecule has 1 aromatic rings. The van der Waals surface area contributed by atoms with Crippen LogP contribution in [-0.4, -0.2) is 22.9 Å². The van der Waals surface area contributed by atoms with Gasteiger partial charge >= 0.3 is 0 Å². The molecule has 16 heavy (non-hydrogen) atoms. The zero-order chi connectivity index (χ0) is 11.5. The van der Waals surface area contributed by atoms with Gasteiger partial charge in [-0.05, 0) is 32.6 Å². The molecule has 2 rings (SSSR count). The van der Waals surface area contributed by atoms with Crippen molar-refractivity contribution < 1.29 is 9.63 Å². The van der Waals surface area contributed by atoms with Crippen molar-refractivity contribution in [2.75, 3.05) is 6.54 Å². The molecule has 0 amide bonds. The third-order valence-corrected chi connectivity index (χ3v) is 3.51. The highest BCUT2D eigenvalue weighted by molar-refractivity contribution is 5.20. The number of aromatic nitrogens is 1. The van der Waals surface area contributed by atoms with E-state index in [9.17, 15) is 5.11 Å². The van der Waals surface area contributed by atoms with Crippen LogP contribution in [0.3, 0.4) is 0 Å². The highest BCUT2D eigenvalue weighted by Gasteiger charge is 2.24. The maximum absolute atomic E-state index is 9.68. The smallest absolute Gasteiger partial charge is 0.138 e. The zero-order valence-corrected chi connectivity index (χ0v) is 9.99. The molecule has 1 heterocycles. The second kappa shape index (κ2) is 4.97. The fourth-order valence-corrected chi connectivity index (χ4v) is 2.39. The van der Waals surface area contributed by atoms with Gasteiger partial charge in [0, 0.05) is 18.7 Å². The molecule has 2 N–H and O–H groups in total. The number of aliphatic hydroxyl groups is 1. The summed E-state index contributed by atoms with van der Waals surface area (Å²) in [5.74, 6) is 1.30. The zero-order valence-electron chi connectivity index (χ0n) is 9.99. The number of nitrogens with one attached hydrogen (secondary N) is 1. The number of nitrogens with zero attached hydrogens (tertiary/aromatic N) is 1. The quantitative estimate of drug-likeness (QED) is 0.814. The Bertz CT molecular complexity index is 329. The summed E-state index contributed by atoms with van der Waals surface area (Å²) in [6.07, 6.45) is 3.13. The Kier molecular flexibility index (Phi) is 3.61. The van der Waals surface area contributed by atoms with Gasteiger partial charge in [0.05, 0.1) is 11.8 Å². The summed E-state index contributed by atoms with van der Waals surface area (Å²) in [4.78, 5) is 0. The fraction of sp³-hybridized carbons (Fsp3) is 0.750. The Morgan fingerprint density at radius 3 is 2.81 bits per heavy atom. The van der Waals surface area contributed by atoms with Crippen LogP contribution in [0.2, 0.25) is 0 Å². The van der Waals surface area contributed by atoms with Crippen molar-refractivity contribution >= 4 is 0 Å². The van der Waals surface area contributed by atoms with Crippen LogP contribution in [0.1, 0.15) is 36.3 Å². The first kappa shape index (κ1) is 11.6. The molecule has 4 nitrogen and oxygen atoms in total. The minimum atomic E-state index is -0.114. The molecule has 2 atom stereocenters. The van der Waals surface area contributed by atoms with Crippen molar-refractivity contribution in [2.45, 2.75) is 45.8 Å². The molecule has 1 aliphatic carbocycles. The lowest BCUT2D eigenvalue weighted by Gasteiger charge is -2.14. The molecule has 2 unspecified atom stereocenters. The van der Waals surface area contributed by atoms with Gasteiger partial charge in [0.1, 0.15) is 5.76 Å². The molecule has 0 aliphatic heterocycles. The SMILES string of the molecule is Cc1noc(C)c1CNCC1CCCC1O. The van der Waals surface area contributed by atoms with Crippen LogP contribution in [0.4, 0.5) is 0 Å². The van der Waals surface area contributed by atoms with Crippen molar-refractivity contribution in [3.8, 4) is 0 Å². The van der Waals surface area contributed by atoms with Crippen LogP contribution >= 0.6 is 0 Å². The maximum Gasteiger partial charge on any atom is 0.138 e. The van der Waals surface area contributed by atoms with E-state index in [0.29, 0.717) is 5.92 Å². The molecule has 0 bridgehead atoms. The van der Waals surface area contributed by atoms with Crippen LogP contribution in [0.15, 0.2) is 4.52 Å². The largest absolute Gasteiger partial charge is 0.393 e. The van der Waals surface area contributed by atoms with E-state index in [4.69, 9.17) is 4.52 Å². The van der Waals surface area contributed by atoms with Gasteiger partial charge in [0.25, 0.3) is 0 Å². The highest BCUT2D eigenvalue weighted by Crippen LogP contribution is 2.24. The van der Waals surface area contributed by atoms with Gasteiger partial charge in [-0.3, -0.25) is 0 Å². The van der Waals surface area contributed by atoms with Crippen LogP contribution in [0.25, 0.3) is 0 Å². The van der Waals surface area contributed by atoms with E-state index < -0.39 is 0 Å². The molecular formula is C12H20N2O2. The summed E-state index contributed by atoms with van der Waals surface area (Å²) in [6.45, 7) is 5.55. The normalized spacial score (nSPS) is 25.2. The summed E-state index contributed by atoms with van der Waals surface area (Å²) in [5.41, 5.74) is 2.10. The molecule has 0 saturated heterocycles. The van der Waals surface area contributed by atoms with E-state index in [-0.39, 0.29) is 6.10 Å². The fourth-order valence-electron chi connectivity index (χ4n) is 2.39. The van der Waals surface area contributed by atoms with Gasteiger partial charge in [-0.25, -0.2) is 0 Å². The van der Waals surface area contributed by atoms with Gasteiger partial charge in [-0.1, -0.05) is 11.6 Å². The Labute approximate surface area is 96.0 Å². The number of rotatable bonds is 4. The van der Waals surface area contributed by atoms with Crippen molar-refractivity contribution in [3.63, 3.8) is 0 Å². The van der Waals surface area contributed by atoms with E-state index in [1.54, 1.807) is 0 Å². The summed E-state index contributed by atoms with van der Waals surface area (Å²) in [6, 6.07) is 0. The van der Waals surface area contributed by atoms with E-state index in [1.165, 1.54) is 0 Å². The summed E-state index contributed by atoms with van der Waals surface area (Å²) >= 11 is 0. The van der Waals surface area contributed by atoms with Gasteiger partial charge in [0.15, 0.2) is 0 Å². The predicted molar refractivity (Wildman–Crippen MR) is 61.0 cm³/mol. The van der Waals surface area contributed by atoms with E-state index >= 15 is 0 Å². The summed E-state index contributed by atoms with van der Waals surface area (Å²) in [5, 5.41) is 17.0. The van der Waals surface area contributed by atoms with E-state index in [0.717, 1.165) is 49.4 Å². The molecule has 1 aromatic heterocycles. The first-order valence-corrected chi connectivity index (χ1v) is 5.99. The average Bonchev–Trinajstić information content (AvgIpc) is 2.79. The van der Waals surface area contributed by atoms with E-state index in [1.807, 2.05) is 13.8 Å². The van der Waals surface area contributed by atoms with E-state index in [2.05, 4.69) is 10.5 Å². The molecule has 4 heteroatoms. The first-order chi connectivity index (χ1) is 7.68. The number of aliphatic hydroxyl groups excluding tert-OH is 1. The van der Waals surface area contributed by atoms with Crippen molar-refractivity contribution in [1.29, 1.82) is 0 Å². The molecule has 0 radical (unpaired) electrons. The van der Waals surface area contributed by atoms with Crippen molar-refractivity contribution in [1.82, 2.24) is 10.5 Å². The minimum absolute atomic E-state index is 0.114. The maximum atomic E-state index is 9.68. The van der Waals surface area contributed by atoms with Crippen LogP contribution in [0, 0.1) is 19.8 Å². The molecule has 1 fully saturated rings. The van der Waals surface area contributed by atoms with Crippen molar-refractivity contribution in [3.05, 3.63) is 17.0 Å². The van der Waals surface area contributed by atoms with Crippen molar-refractivity contribution in [2.24, 2.45) is 5.92 Å².